The van der Waals surface area contributed by atoms with E-state index in [0.717, 1.165) is 11.3 Å². The number of fused-ring (bicyclic) bond motifs is 1. The number of rotatable bonds is 4. The van der Waals surface area contributed by atoms with E-state index >= 15 is 0 Å². The number of ether oxygens (including phenoxy) is 2. The van der Waals surface area contributed by atoms with Gasteiger partial charge in [0, 0.05) is 12.1 Å². The number of carbonyl (C=O) groups is 1. The van der Waals surface area contributed by atoms with E-state index in [2.05, 4.69) is 5.32 Å². The zero-order chi connectivity index (χ0) is 15.7. The molecule has 1 amide bonds. The first-order chi connectivity index (χ1) is 9.70. The molecule has 0 atom stereocenters. The Balaban J connectivity index is 2.16. The molecule has 21 heavy (non-hydrogen) atoms. The van der Waals surface area contributed by atoms with Gasteiger partial charge in [0.2, 0.25) is 5.91 Å². The van der Waals surface area contributed by atoms with Crippen LogP contribution in [0.2, 0.25) is 0 Å². The molecule has 1 aromatic carbocycles. The second kappa shape index (κ2) is 5.56. The van der Waals surface area contributed by atoms with Gasteiger partial charge in [-0.3, -0.25) is 4.79 Å². The van der Waals surface area contributed by atoms with Gasteiger partial charge in [0.05, 0.1) is 5.41 Å². The quantitative estimate of drug-likeness (QED) is 0.884. The average molecular weight is 292 g/mol. The molecule has 1 aliphatic heterocycles. The topological polar surface area (TPSA) is 73.6 Å². The van der Waals surface area contributed by atoms with Crippen molar-refractivity contribution in [3.8, 4) is 11.5 Å². The Morgan fingerprint density at radius 3 is 2.43 bits per heavy atom. The summed E-state index contributed by atoms with van der Waals surface area (Å²) in [5, 5.41) is 2.91. The van der Waals surface area contributed by atoms with Crippen molar-refractivity contribution in [2.75, 3.05) is 19.8 Å². The van der Waals surface area contributed by atoms with Crippen LogP contribution in [0.3, 0.4) is 0 Å². The summed E-state index contributed by atoms with van der Waals surface area (Å²) in [6.07, 6.45) is 0. The monoisotopic (exact) mass is 292 g/mol. The average Bonchev–Trinajstić information content (AvgIpc) is 2.43. The van der Waals surface area contributed by atoms with E-state index < -0.39 is 11.0 Å². The molecule has 0 aromatic heterocycles. The van der Waals surface area contributed by atoms with Crippen molar-refractivity contribution in [2.45, 2.75) is 38.6 Å². The van der Waals surface area contributed by atoms with E-state index in [-0.39, 0.29) is 5.91 Å². The van der Waals surface area contributed by atoms with Gasteiger partial charge in [-0.1, -0.05) is 6.07 Å². The van der Waals surface area contributed by atoms with Crippen molar-refractivity contribution >= 4 is 5.91 Å². The minimum atomic E-state index is -0.666. The molecule has 0 aliphatic carbocycles. The molecule has 1 aliphatic rings. The first kappa shape index (κ1) is 15.6. The Hall–Kier alpha value is -1.75. The Morgan fingerprint density at radius 1 is 1.19 bits per heavy atom. The van der Waals surface area contributed by atoms with E-state index in [9.17, 15) is 4.79 Å². The SMILES string of the molecule is CC(C)(N)CNC(=O)C(C)(C)c1ccc2c(c1)OCCO2. The molecule has 5 heteroatoms. The summed E-state index contributed by atoms with van der Waals surface area (Å²) in [4.78, 5) is 12.4. The van der Waals surface area contributed by atoms with E-state index in [4.69, 9.17) is 15.2 Å². The van der Waals surface area contributed by atoms with Gasteiger partial charge >= 0.3 is 0 Å². The van der Waals surface area contributed by atoms with Gasteiger partial charge in [-0.25, -0.2) is 0 Å². The van der Waals surface area contributed by atoms with E-state index in [1.165, 1.54) is 0 Å². The highest BCUT2D eigenvalue weighted by atomic mass is 16.6. The number of amides is 1. The van der Waals surface area contributed by atoms with Crippen LogP contribution < -0.4 is 20.5 Å². The van der Waals surface area contributed by atoms with Gasteiger partial charge in [0.25, 0.3) is 0 Å². The Bertz CT molecular complexity index is 533. The fourth-order valence-electron chi connectivity index (χ4n) is 2.09. The first-order valence-electron chi connectivity index (χ1n) is 7.17. The van der Waals surface area contributed by atoms with Crippen molar-refractivity contribution in [1.82, 2.24) is 5.32 Å². The molecule has 0 saturated heterocycles. The highest BCUT2D eigenvalue weighted by molar-refractivity contribution is 5.87. The van der Waals surface area contributed by atoms with Gasteiger partial charge in [-0.15, -0.1) is 0 Å². The zero-order valence-electron chi connectivity index (χ0n) is 13.2. The summed E-state index contributed by atoms with van der Waals surface area (Å²) < 4.78 is 11.1. The fraction of sp³-hybridized carbons (Fsp3) is 0.562. The number of carbonyl (C=O) groups excluding carboxylic acids is 1. The molecule has 0 saturated carbocycles. The summed E-state index contributed by atoms with van der Waals surface area (Å²) in [5.74, 6) is 1.36. The summed E-state index contributed by atoms with van der Waals surface area (Å²) in [7, 11) is 0. The predicted molar refractivity (Wildman–Crippen MR) is 81.7 cm³/mol. The predicted octanol–water partition coefficient (Wildman–Crippen LogP) is 1.59. The van der Waals surface area contributed by atoms with Crippen molar-refractivity contribution in [1.29, 1.82) is 0 Å². The summed E-state index contributed by atoms with van der Waals surface area (Å²) in [6.45, 7) is 9.05. The Kier molecular flexibility index (Phi) is 4.14. The molecule has 5 nitrogen and oxygen atoms in total. The molecule has 1 heterocycles. The molecule has 0 unspecified atom stereocenters. The third kappa shape index (κ3) is 3.67. The normalized spacial score (nSPS) is 14.7. The van der Waals surface area contributed by atoms with Crippen molar-refractivity contribution in [3.05, 3.63) is 23.8 Å². The van der Waals surface area contributed by atoms with Crippen LogP contribution in [0.4, 0.5) is 0 Å². The lowest BCUT2D eigenvalue weighted by molar-refractivity contribution is -0.125. The van der Waals surface area contributed by atoms with Gasteiger partial charge < -0.3 is 20.5 Å². The fourth-order valence-corrected chi connectivity index (χ4v) is 2.09. The van der Waals surface area contributed by atoms with Crippen LogP contribution in [-0.2, 0) is 10.2 Å². The van der Waals surface area contributed by atoms with E-state index in [1.807, 2.05) is 45.9 Å². The third-order valence-corrected chi connectivity index (χ3v) is 3.54. The smallest absolute Gasteiger partial charge is 0.230 e. The molecule has 0 spiro atoms. The minimum Gasteiger partial charge on any atom is -0.486 e. The standard InChI is InChI=1S/C16H24N2O3/c1-15(2,17)10-18-14(19)16(3,4)11-5-6-12-13(9-11)21-8-7-20-12/h5-6,9H,7-8,10,17H2,1-4H3,(H,18,19). The van der Waals surface area contributed by atoms with Gasteiger partial charge in [0.1, 0.15) is 13.2 Å². The lowest BCUT2D eigenvalue weighted by Crippen LogP contribution is -2.49. The number of hydrogen-bond acceptors (Lipinski definition) is 4. The van der Waals surface area contributed by atoms with Gasteiger partial charge in [-0.05, 0) is 45.4 Å². The van der Waals surface area contributed by atoms with Gasteiger partial charge in [-0.2, -0.15) is 0 Å². The molecule has 1 aromatic rings. The van der Waals surface area contributed by atoms with Crippen LogP contribution in [0.5, 0.6) is 11.5 Å². The van der Waals surface area contributed by atoms with Crippen LogP contribution in [0.15, 0.2) is 18.2 Å². The molecular weight excluding hydrogens is 268 g/mol. The lowest BCUT2D eigenvalue weighted by atomic mass is 9.83. The maximum atomic E-state index is 12.4. The van der Waals surface area contributed by atoms with Crippen LogP contribution in [-0.4, -0.2) is 31.2 Å². The van der Waals surface area contributed by atoms with Gasteiger partial charge in [0.15, 0.2) is 11.5 Å². The lowest BCUT2D eigenvalue weighted by Gasteiger charge is -2.28. The van der Waals surface area contributed by atoms with Crippen LogP contribution in [0, 0.1) is 0 Å². The summed E-state index contributed by atoms with van der Waals surface area (Å²) in [5.41, 5.74) is 5.70. The summed E-state index contributed by atoms with van der Waals surface area (Å²) >= 11 is 0. The molecule has 0 radical (unpaired) electrons. The molecule has 116 valence electrons. The highest BCUT2D eigenvalue weighted by Crippen LogP contribution is 2.35. The van der Waals surface area contributed by atoms with Crippen molar-refractivity contribution in [2.24, 2.45) is 5.73 Å². The maximum Gasteiger partial charge on any atom is 0.230 e. The molecular formula is C16H24N2O3. The third-order valence-electron chi connectivity index (χ3n) is 3.54. The Labute approximate surface area is 125 Å². The van der Waals surface area contributed by atoms with Crippen LogP contribution in [0.25, 0.3) is 0 Å². The number of benzene rings is 1. The molecule has 3 N–H and O–H groups in total. The van der Waals surface area contributed by atoms with E-state index in [0.29, 0.717) is 25.5 Å². The van der Waals surface area contributed by atoms with Crippen molar-refractivity contribution in [3.63, 3.8) is 0 Å². The number of hydrogen-bond donors (Lipinski definition) is 2. The van der Waals surface area contributed by atoms with Crippen LogP contribution >= 0.6 is 0 Å². The Morgan fingerprint density at radius 2 is 1.81 bits per heavy atom. The minimum absolute atomic E-state index is 0.0577. The summed E-state index contributed by atoms with van der Waals surface area (Å²) in [6, 6.07) is 5.63. The number of nitrogens with one attached hydrogen (secondary N) is 1. The largest absolute Gasteiger partial charge is 0.486 e. The molecule has 2 rings (SSSR count). The number of nitrogens with two attached hydrogens (primary N) is 1. The molecule has 0 bridgehead atoms. The first-order valence-corrected chi connectivity index (χ1v) is 7.17. The highest BCUT2D eigenvalue weighted by Gasteiger charge is 2.31. The van der Waals surface area contributed by atoms with E-state index in [1.54, 1.807) is 0 Å². The zero-order valence-corrected chi connectivity index (χ0v) is 13.2. The maximum absolute atomic E-state index is 12.4. The molecule has 0 fully saturated rings. The van der Waals surface area contributed by atoms with Crippen LogP contribution in [0.1, 0.15) is 33.3 Å². The second-order valence-corrected chi connectivity index (χ2v) is 6.65. The van der Waals surface area contributed by atoms with Crippen molar-refractivity contribution < 1.29 is 14.3 Å². The second-order valence-electron chi connectivity index (χ2n) is 6.65.